The van der Waals surface area contributed by atoms with Crippen LogP contribution in [0.2, 0.25) is 0 Å². The third-order valence-corrected chi connectivity index (χ3v) is 1.82. The van der Waals surface area contributed by atoms with Crippen LogP contribution in [0.5, 0.6) is 0 Å². The van der Waals surface area contributed by atoms with Crippen molar-refractivity contribution in [3.05, 3.63) is 29.8 Å². The number of hydrogen-bond acceptors (Lipinski definition) is 1. The Morgan fingerprint density at radius 1 is 1.50 bits per heavy atom. The van der Waals surface area contributed by atoms with Crippen molar-refractivity contribution in [2.24, 2.45) is 0 Å². The van der Waals surface area contributed by atoms with E-state index in [2.05, 4.69) is 0 Å². The molecule has 0 aromatic heterocycles. The van der Waals surface area contributed by atoms with Crippen LogP contribution in [0, 0.1) is 6.92 Å². The predicted octanol–water partition coefficient (Wildman–Crippen LogP) is 2.63. The molecule has 0 unspecified atom stereocenters. The molecule has 1 rings (SSSR count). The molecule has 1 amide bonds. The van der Waals surface area contributed by atoms with E-state index in [1.807, 2.05) is 6.07 Å². The number of halogens is 1. The van der Waals surface area contributed by atoms with Gasteiger partial charge in [0.25, 0.3) is 0 Å². The van der Waals surface area contributed by atoms with Crippen LogP contribution in [-0.4, -0.2) is 11.2 Å². The van der Waals surface area contributed by atoms with Gasteiger partial charge in [-0.25, -0.2) is 4.79 Å². The Bertz CT molecular complexity index is 301. The summed E-state index contributed by atoms with van der Waals surface area (Å²) in [6.07, 6.45) is -1.18. The van der Waals surface area contributed by atoms with Gasteiger partial charge in [0, 0.05) is 11.8 Å². The van der Waals surface area contributed by atoms with E-state index in [0.29, 0.717) is 10.1 Å². The van der Waals surface area contributed by atoms with Crippen molar-refractivity contribution in [3.63, 3.8) is 0 Å². The second kappa shape index (κ2) is 3.45. The molecule has 0 heterocycles. The number of para-hydroxylation sites is 1. The Morgan fingerprint density at radius 2 is 2.08 bits per heavy atom. The summed E-state index contributed by atoms with van der Waals surface area (Å²) in [5.41, 5.74) is 1.32. The van der Waals surface area contributed by atoms with Gasteiger partial charge in [0.15, 0.2) is 0 Å². The van der Waals surface area contributed by atoms with Gasteiger partial charge in [0.2, 0.25) is 0 Å². The molecule has 0 radical (unpaired) electrons. The lowest BCUT2D eigenvalue weighted by Crippen LogP contribution is -2.18. The molecule has 0 fully saturated rings. The maximum atomic E-state index is 10.4. The highest BCUT2D eigenvalue weighted by Crippen LogP contribution is 2.20. The van der Waals surface area contributed by atoms with Gasteiger partial charge in [-0.2, -0.15) is 4.42 Å². The molecule has 0 spiro atoms. The highest BCUT2D eigenvalue weighted by atomic mass is 35.5. The van der Waals surface area contributed by atoms with Crippen LogP contribution in [0.1, 0.15) is 5.56 Å². The fourth-order valence-corrected chi connectivity index (χ4v) is 1.08. The molecule has 1 N–H and O–H groups in total. The predicted molar refractivity (Wildman–Crippen MR) is 47.5 cm³/mol. The minimum absolute atomic E-state index is 0.492. The van der Waals surface area contributed by atoms with E-state index in [9.17, 15) is 4.79 Å². The number of carboxylic acid groups (broad SMARTS) is 1. The van der Waals surface area contributed by atoms with Gasteiger partial charge in [-0.15, -0.1) is 0 Å². The lowest BCUT2D eigenvalue weighted by Gasteiger charge is -2.11. The van der Waals surface area contributed by atoms with Crippen LogP contribution >= 0.6 is 11.8 Å². The molecule has 0 saturated heterocycles. The Hall–Kier alpha value is -1.22. The van der Waals surface area contributed by atoms with Gasteiger partial charge < -0.3 is 5.11 Å². The van der Waals surface area contributed by atoms with E-state index in [0.717, 1.165) is 5.56 Å². The number of hydrogen-bond donors (Lipinski definition) is 1. The molecule has 64 valence electrons. The quantitative estimate of drug-likeness (QED) is 0.684. The van der Waals surface area contributed by atoms with Crippen LogP contribution in [0.4, 0.5) is 10.5 Å². The fourth-order valence-electron chi connectivity index (χ4n) is 0.887. The zero-order valence-electron chi connectivity index (χ0n) is 6.49. The first kappa shape index (κ1) is 8.87. The molecular weight excluding hydrogens is 178 g/mol. The largest absolute Gasteiger partial charge is 0.464 e. The molecule has 0 aliphatic heterocycles. The molecule has 1 aromatic rings. The van der Waals surface area contributed by atoms with Gasteiger partial charge in [-0.3, -0.25) is 0 Å². The number of nitrogens with zero attached hydrogens (tertiary/aromatic N) is 1. The smallest absolute Gasteiger partial charge is 0.426 e. The summed E-state index contributed by atoms with van der Waals surface area (Å²) >= 11 is 5.48. The summed E-state index contributed by atoms with van der Waals surface area (Å²) in [4.78, 5) is 10.4. The van der Waals surface area contributed by atoms with E-state index in [4.69, 9.17) is 16.9 Å². The second-order valence-corrected chi connectivity index (χ2v) is 2.69. The Morgan fingerprint density at radius 3 is 2.58 bits per heavy atom. The first-order chi connectivity index (χ1) is 5.63. The molecule has 0 saturated carbocycles. The summed E-state index contributed by atoms with van der Waals surface area (Å²) in [5.74, 6) is 0. The van der Waals surface area contributed by atoms with E-state index in [1.54, 1.807) is 25.1 Å². The third kappa shape index (κ3) is 1.68. The highest BCUT2D eigenvalue weighted by molar-refractivity contribution is 6.35. The normalized spacial score (nSPS) is 9.50. The standard InChI is InChI=1S/C8H8ClNO2/c1-6-4-2-3-5-7(6)10(9)8(11)12/h2-5H,1H3,(H,11,12). The summed E-state index contributed by atoms with van der Waals surface area (Å²) in [5, 5.41) is 8.55. The maximum absolute atomic E-state index is 10.4. The molecule has 0 aliphatic rings. The zero-order chi connectivity index (χ0) is 9.14. The number of amides is 1. The Balaban J connectivity index is 3.02. The number of rotatable bonds is 1. The minimum atomic E-state index is -1.18. The van der Waals surface area contributed by atoms with Gasteiger partial charge in [-0.1, -0.05) is 18.2 Å². The van der Waals surface area contributed by atoms with Crippen LogP contribution < -0.4 is 4.42 Å². The molecule has 12 heavy (non-hydrogen) atoms. The topological polar surface area (TPSA) is 40.5 Å². The van der Waals surface area contributed by atoms with Crippen molar-refractivity contribution in [2.45, 2.75) is 6.92 Å². The van der Waals surface area contributed by atoms with Crippen LogP contribution in [0.15, 0.2) is 24.3 Å². The molecule has 1 aromatic carbocycles. The maximum Gasteiger partial charge on any atom is 0.426 e. The lowest BCUT2D eigenvalue weighted by atomic mass is 10.2. The summed E-state index contributed by atoms with van der Waals surface area (Å²) in [6.45, 7) is 1.80. The molecule has 3 nitrogen and oxygen atoms in total. The van der Waals surface area contributed by atoms with Crippen LogP contribution in [-0.2, 0) is 0 Å². The average molecular weight is 186 g/mol. The second-order valence-electron chi connectivity index (χ2n) is 2.35. The van der Waals surface area contributed by atoms with E-state index < -0.39 is 6.09 Å². The van der Waals surface area contributed by atoms with Crippen LogP contribution in [0.25, 0.3) is 0 Å². The van der Waals surface area contributed by atoms with Crippen molar-refractivity contribution in [3.8, 4) is 0 Å². The molecule has 0 bridgehead atoms. The molecule has 4 heteroatoms. The summed E-state index contributed by atoms with van der Waals surface area (Å²) in [6, 6.07) is 7.01. The summed E-state index contributed by atoms with van der Waals surface area (Å²) in [7, 11) is 0. The SMILES string of the molecule is Cc1ccccc1N(Cl)C(=O)O. The molecular formula is C8H8ClNO2. The number of carbonyl (C=O) groups is 1. The van der Waals surface area contributed by atoms with Gasteiger partial charge in [0.1, 0.15) is 0 Å². The van der Waals surface area contributed by atoms with Crippen molar-refractivity contribution >= 4 is 23.6 Å². The van der Waals surface area contributed by atoms with Gasteiger partial charge >= 0.3 is 6.09 Å². The van der Waals surface area contributed by atoms with E-state index in [1.165, 1.54) is 0 Å². The first-order valence-corrected chi connectivity index (χ1v) is 3.71. The van der Waals surface area contributed by atoms with Gasteiger partial charge in [0.05, 0.1) is 5.69 Å². The van der Waals surface area contributed by atoms with Crippen molar-refractivity contribution in [1.29, 1.82) is 0 Å². The lowest BCUT2D eigenvalue weighted by molar-refractivity contribution is 0.206. The number of anilines is 1. The monoisotopic (exact) mass is 185 g/mol. The van der Waals surface area contributed by atoms with Crippen molar-refractivity contribution in [2.75, 3.05) is 4.42 Å². The Kier molecular flexibility index (Phi) is 2.55. The Labute approximate surface area is 75.3 Å². The number of benzene rings is 1. The molecule has 0 atom stereocenters. The number of aryl methyl sites for hydroxylation is 1. The first-order valence-electron chi connectivity index (χ1n) is 3.37. The average Bonchev–Trinajstić information content (AvgIpc) is 2.04. The van der Waals surface area contributed by atoms with Crippen molar-refractivity contribution in [1.82, 2.24) is 0 Å². The minimum Gasteiger partial charge on any atom is -0.464 e. The van der Waals surface area contributed by atoms with Crippen molar-refractivity contribution < 1.29 is 9.90 Å². The molecule has 0 aliphatic carbocycles. The third-order valence-electron chi connectivity index (χ3n) is 1.49. The van der Waals surface area contributed by atoms with E-state index >= 15 is 0 Å². The summed E-state index contributed by atoms with van der Waals surface area (Å²) < 4.78 is 0.676. The zero-order valence-corrected chi connectivity index (χ0v) is 7.25. The highest BCUT2D eigenvalue weighted by Gasteiger charge is 2.12. The fraction of sp³-hybridized carbons (Fsp3) is 0.125. The van der Waals surface area contributed by atoms with Gasteiger partial charge in [-0.05, 0) is 18.6 Å². The van der Waals surface area contributed by atoms with Crippen LogP contribution in [0.3, 0.4) is 0 Å². The van der Waals surface area contributed by atoms with E-state index in [-0.39, 0.29) is 0 Å².